The Balaban J connectivity index is 2.03. The molecule has 1 aromatic carbocycles. The molecule has 1 saturated heterocycles. The standard InChI is InChI=1S/C16H26N2O2/c1-4-17-12(2)15-8-7-13(10-16(15)19)18(3)11-14-6-5-9-20-14/h7-8,10,12,14,17,19H,4-6,9,11H2,1-3H3. The molecule has 20 heavy (non-hydrogen) atoms. The first-order chi connectivity index (χ1) is 9.61. The molecule has 0 spiro atoms. The number of hydrogen-bond donors (Lipinski definition) is 2. The largest absolute Gasteiger partial charge is 0.508 e. The topological polar surface area (TPSA) is 44.7 Å². The van der Waals surface area contributed by atoms with Gasteiger partial charge in [0.15, 0.2) is 0 Å². The molecule has 0 saturated carbocycles. The molecule has 1 fully saturated rings. The number of nitrogens with one attached hydrogen (secondary N) is 1. The van der Waals surface area contributed by atoms with Crippen molar-refractivity contribution in [2.45, 2.75) is 38.8 Å². The highest BCUT2D eigenvalue weighted by Crippen LogP contribution is 2.29. The molecule has 2 unspecified atom stereocenters. The Morgan fingerprint density at radius 2 is 2.30 bits per heavy atom. The molecule has 0 radical (unpaired) electrons. The predicted molar refractivity (Wildman–Crippen MR) is 82.4 cm³/mol. The van der Waals surface area contributed by atoms with E-state index in [1.54, 1.807) is 0 Å². The molecule has 1 aromatic rings. The molecule has 1 aliphatic heterocycles. The third-order valence-corrected chi connectivity index (χ3v) is 3.93. The number of hydrogen-bond acceptors (Lipinski definition) is 4. The summed E-state index contributed by atoms with van der Waals surface area (Å²) in [5.74, 6) is 0.357. The van der Waals surface area contributed by atoms with Gasteiger partial charge in [-0.3, -0.25) is 0 Å². The molecular formula is C16H26N2O2. The van der Waals surface area contributed by atoms with Crippen LogP contribution in [0.5, 0.6) is 5.75 Å². The van der Waals surface area contributed by atoms with E-state index in [9.17, 15) is 5.11 Å². The maximum absolute atomic E-state index is 10.2. The summed E-state index contributed by atoms with van der Waals surface area (Å²) >= 11 is 0. The quantitative estimate of drug-likeness (QED) is 0.840. The molecule has 0 bridgehead atoms. The molecule has 4 nitrogen and oxygen atoms in total. The van der Waals surface area contributed by atoms with Crippen LogP contribution >= 0.6 is 0 Å². The van der Waals surface area contributed by atoms with E-state index in [-0.39, 0.29) is 6.04 Å². The van der Waals surface area contributed by atoms with Gasteiger partial charge in [0.2, 0.25) is 0 Å². The van der Waals surface area contributed by atoms with Crippen LogP contribution in [0.1, 0.15) is 38.3 Å². The van der Waals surface area contributed by atoms with Crippen molar-refractivity contribution in [2.75, 3.05) is 31.6 Å². The number of rotatable bonds is 6. The van der Waals surface area contributed by atoms with E-state index in [4.69, 9.17) is 4.74 Å². The van der Waals surface area contributed by atoms with E-state index in [1.165, 1.54) is 0 Å². The number of nitrogens with zero attached hydrogens (tertiary/aromatic N) is 1. The number of phenols is 1. The summed E-state index contributed by atoms with van der Waals surface area (Å²) in [7, 11) is 2.05. The Bertz CT molecular complexity index is 430. The Morgan fingerprint density at radius 3 is 2.90 bits per heavy atom. The van der Waals surface area contributed by atoms with E-state index in [1.807, 2.05) is 19.2 Å². The lowest BCUT2D eigenvalue weighted by molar-refractivity contribution is 0.116. The van der Waals surface area contributed by atoms with Gasteiger partial charge >= 0.3 is 0 Å². The maximum atomic E-state index is 10.2. The summed E-state index contributed by atoms with van der Waals surface area (Å²) < 4.78 is 5.66. The van der Waals surface area contributed by atoms with Crippen LogP contribution in [-0.2, 0) is 4.74 Å². The van der Waals surface area contributed by atoms with Crippen LogP contribution in [0, 0.1) is 0 Å². The molecule has 2 rings (SSSR count). The van der Waals surface area contributed by atoms with Gasteiger partial charge in [0.05, 0.1) is 6.10 Å². The van der Waals surface area contributed by atoms with Crippen LogP contribution in [0.15, 0.2) is 18.2 Å². The van der Waals surface area contributed by atoms with E-state index in [2.05, 4.69) is 30.1 Å². The Hall–Kier alpha value is -1.26. The maximum Gasteiger partial charge on any atom is 0.122 e. The monoisotopic (exact) mass is 278 g/mol. The van der Waals surface area contributed by atoms with Gasteiger partial charge in [-0.05, 0) is 32.4 Å². The van der Waals surface area contributed by atoms with E-state index >= 15 is 0 Å². The third kappa shape index (κ3) is 3.64. The lowest BCUT2D eigenvalue weighted by Crippen LogP contribution is -2.28. The van der Waals surface area contributed by atoms with Gasteiger partial charge in [0.1, 0.15) is 5.75 Å². The molecule has 0 amide bonds. The first-order valence-electron chi connectivity index (χ1n) is 7.50. The number of phenolic OH excluding ortho intramolecular Hbond substituents is 1. The lowest BCUT2D eigenvalue weighted by atomic mass is 10.1. The van der Waals surface area contributed by atoms with Crippen molar-refractivity contribution in [3.8, 4) is 5.75 Å². The molecule has 1 heterocycles. The first-order valence-corrected chi connectivity index (χ1v) is 7.50. The fourth-order valence-electron chi connectivity index (χ4n) is 2.75. The third-order valence-electron chi connectivity index (χ3n) is 3.93. The molecule has 2 N–H and O–H groups in total. The fourth-order valence-corrected chi connectivity index (χ4v) is 2.75. The van der Waals surface area contributed by atoms with Gasteiger partial charge in [-0.25, -0.2) is 0 Å². The van der Waals surface area contributed by atoms with Crippen molar-refractivity contribution < 1.29 is 9.84 Å². The number of ether oxygens (including phenoxy) is 1. The minimum Gasteiger partial charge on any atom is -0.508 e. The second-order valence-corrected chi connectivity index (χ2v) is 5.54. The fraction of sp³-hybridized carbons (Fsp3) is 0.625. The van der Waals surface area contributed by atoms with Gasteiger partial charge in [-0.15, -0.1) is 0 Å². The van der Waals surface area contributed by atoms with Crippen LogP contribution in [-0.4, -0.2) is 38.0 Å². The van der Waals surface area contributed by atoms with Crippen molar-refractivity contribution in [1.82, 2.24) is 5.32 Å². The highest BCUT2D eigenvalue weighted by molar-refractivity contribution is 5.53. The molecule has 0 aliphatic carbocycles. The molecular weight excluding hydrogens is 252 g/mol. The molecule has 1 aliphatic rings. The van der Waals surface area contributed by atoms with Crippen LogP contribution in [0.4, 0.5) is 5.69 Å². The number of aromatic hydroxyl groups is 1. The minimum atomic E-state index is 0.164. The summed E-state index contributed by atoms with van der Waals surface area (Å²) in [5, 5.41) is 13.5. The zero-order valence-electron chi connectivity index (χ0n) is 12.7. The summed E-state index contributed by atoms with van der Waals surface area (Å²) in [5.41, 5.74) is 1.98. The summed E-state index contributed by atoms with van der Waals surface area (Å²) in [6.45, 7) is 6.78. The SMILES string of the molecule is CCNC(C)c1ccc(N(C)CC2CCCO2)cc1O. The van der Waals surface area contributed by atoms with Crippen LogP contribution < -0.4 is 10.2 Å². The van der Waals surface area contributed by atoms with Gasteiger partial charge in [-0.2, -0.15) is 0 Å². The van der Waals surface area contributed by atoms with Crippen molar-refractivity contribution in [2.24, 2.45) is 0 Å². The highest BCUT2D eigenvalue weighted by atomic mass is 16.5. The highest BCUT2D eigenvalue weighted by Gasteiger charge is 2.18. The zero-order chi connectivity index (χ0) is 14.5. The van der Waals surface area contributed by atoms with Gasteiger partial charge in [0.25, 0.3) is 0 Å². The van der Waals surface area contributed by atoms with Gasteiger partial charge in [0, 0.05) is 43.6 Å². The number of benzene rings is 1. The van der Waals surface area contributed by atoms with Gasteiger partial charge < -0.3 is 20.1 Å². The van der Waals surface area contributed by atoms with Crippen molar-refractivity contribution in [3.63, 3.8) is 0 Å². The van der Waals surface area contributed by atoms with Gasteiger partial charge in [-0.1, -0.05) is 13.0 Å². The molecule has 0 aromatic heterocycles. The Morgan fingerprint density at radius 1 is 1.50 bits per heavy atom. The average molecular weight is 278 g/mol. The molecule has 4 heteroatoms. The molecule has 112 valence electrons. The Kier molecular flexibility index (Phi) is 5.26. The lowest BCUT2D eigenvalue weighted by Gasteiger charge is -2.24. The van der Waals surface area contributed by atoms with Crippen molar-refractivity contribution in [1.29, 1.82) is 0 Å². The van der Waals surface area contributed by atoms with E-state index in [0.717, 1.165) is 43.8 Å². The molecule has 2 atom stereocenters. The van der Waals surface area contributed by atoms with Crippen LogP contribution in [0.3, 0.4) is 0 Å². The second kappa shape index (κ2) is 6.95. The number of likely N-dealkylation sites (N-methyl/N-ethyl adjacent to an activating group) is 1. The number of anilines is 1. The van der Waals surface area contributed by atoms with Crippen LogP contribution in [0.25, 0.3) is 0 Å². The summed E-state index contributed by atoms with van der Waals surface area (Å²) in [4.78, 5) is 2.15. The second-order valence-electron chi connectivity index (χ2n) is 5.54. The average Bonchev–Trinajstić information content (AvgIpc) is 2.91. The normalized spacial score (nSPS) is 20.1. The smallest absolute Gasteiger partial charge is 0.122 e. The first kappa shape index (κ1) is 15.1. The van der Waals surface area contributed by atoms with E-state index in [0.29, 0.717) is 11.9 Å². The summed E-state index contributed by atoms with van der Waals surface area (Å²) in [6.07, 6.45) is 2.61. The van der Waals surface area contributed by atoms with E-state index < -0.39 is 0 Å². The summed E-state index contributed by atoms with van der Waals surface area (Å²) in [6, 6.07) is 6.08. The van der Waals surface area contributed by atoms with Crippen molar-refractivity contribution >= 4 is 5.69 Å². The zero-order valence-corrected chi connectivity index (χ0v) is 12.7. The minimum absolute atomic E-state index is 0.164. The van der Waals surface area contributed by atoms with Crippen LogP contribution in [0.2, 0.25) is 0 Å². The van der Waals surface area contributed by atoms with Crippen molar-refractivity contribution in [3.05, 3.63) is 23.8 Å². The Labute approximate surface area is 121 Å². The predicted octanol–water partition coefficient (Wildman–Crippen LogP) is 2.68.